The van der Waals surface area contributed by atoms with Crippen molar-refractivity contribution in [1.29, 1.82) is 0 Å². The van der Waals surface area contributed by atoms with Crippen LogP contribution in [0.1, 0.15) is 31.4 Å². The summed E-state index contributed by atoms with van der Waals surface area (Å²) in [6, 6.07) is 1.81. The van der Waals surface area contributed by atoms with E-state index in [9.17, 15) is 4.79 Å². The minimum Gasteiger partial charge on any atom is -0.493 e. The van der Waals surface area contributed by atoms with E-state index in [4.69, 9.17) is 14.6 Å². The van der Waals surface area contributed by atoms with Crippen molar-refractivity contribution in [2.45, 2.75) is 32.6 Å². The second-order valence-corrected chi connectivity index (χ2v) is 5.90. The van der Waals surface area contributed by atoms with Crippen molar-refractivity contribution in [2.75, 3.05) is 14.2 Å². The van der Waals surface area contributed by atoms with Gasteiger partial charge in [-0.2, -0.15) is 0 Å². The molecule has 5 heteroatoms. The number of methoxy groups -OCH3 is 2. The van der Waals surface area contributed by atoms with Crippen molar-refractivity contribution in [3.8, 4) is 11.5 Å². The van der Waals surface area contributed by atoms with Gasteiger partial charge in [0.05, 0.1) is 20.6 Å². The summed E-state index contributed by atoms with van der Waals surface area (Å²) in [7, 11) is 3.15. The zero-order chi connectivity index (χ0) is 14.8. The van der Waals surface area contributed by atoms with Gasteiger partial charge >= 0.3 is 5.97 Å². The molecule has 1 rings (SSSR count). The highest BCUT2D eigenvalue weighted by atomic mass is 79.9. The lowest BCUT2D eigenvalue weighted by molar-refractivity contribution is -0.138. The van der Waals surface area contributed by atoms with Crippen molar-refractivity contribution in [3.63, 3.8) is 0 Å². The molecule has 0 bridgehead atoms. The molecule has 0 unspecified atom stereocenters. The van der Waals surface area contributed by atoms with E-state index >= 15 is 0 Å². The Hall–Kier alpha value is -1.23. The molecule has 1 aromatic rings. The molecule has 19 heavy (non-hydrogen) atoms. The molecular formula is C14H19BrO4. The highest BCUT2D eigenvalue weighted by molar-refractivity contribution is 9.10. The molecule has 0 spiro atoms. The van der Waals surface area contributed by atoms with Gasteiger partial charge in [0, 0.05) is 9.89 Å². The second-order valence-electron chi connectivity index (χ2n) is 5.05. The summed E-state index contributed by atoms with van der Waals surface area (Å²) in [6.07, 6.45) is 0.0436. The first-order valence-corrected chi connectivity index (χ1v) is 6.67. The average molecular weight is 331 g/mol. The average Bonchev–Trinajstić information content (AvgIpc) is 2.25. The largest absolute Gasteiger partial charge is 0.493 e. The van der Waals surface area contributed by atoms with Crippen molar-refractivity contribution < 1.29 is 19.4 Å². The van der Waals surface area contributed by atoms with E-state index in [2.05, 4.69) is 15.9 Å². The molecule has 0 atom stereocenters. The first kappa shape index (κ1) is 15.8. The van der Waals surface area contributed by atoms with Gasteiger partial charge in [0.1, 0.15) is 0 Å². The molecule has 106 valence electrons. The summed E-state index contributed by atoms with van der Waals surface area (Å²) in [5.74, 6) is 0.437. The summed E-state index contributed by atoms with van der Waals surface area (Å²) in [6.45, 7) is 5.71. The van der Waals surface area contributed by atoms with Gasteiger partial charge in [0.2, 0.25) is 0 Å². The topological polar surface area (TPSA) is 55.8 Å². The van der Waals surface area contributed by atoms with E-state index in [1.165, 1.54) is 0 Å². The van der Waals surface area contributed by atoms with Gasteiger partial charge < -0.3 is 14.6 Å². The Kier molecular flexibility index (Phi) is 4.85. The first-order valence-electron chi connectivity index (χ1n) is 5.88. The van der Waals surface area contributed by atoms with Crippen molar-refractivity contribution >= 4 is 21.9 Å². The lowest BCUT2D eigenvalue weighted by atomic mass is 9.79. The molecule has 0 aliphatic rings. The van der Waals surface area contributed by atoms with Crippen LogP contribution in [-0.2, 0) is 10.2 Å². The molecule has 0 aromatic heterocycles. The van der Waals surface area contributed by atoms with Gasteiger partial charge in [-0.05, 0) is 24.1 Å². The van der Waals surface area contributed by atoms with E-state index in [0.29, 0.717) is 11.5 Å². The van der Waals surface area contributed by atoms with Crippen LogP contribution in [0.5, 0.6) is 11.5 Å². The standard InChI is InChI=1S/C14H19BrO4/c1-8-12(14(2,3)7-11(16)17)9(15)6-10(18-4)13(8)19-5/h6H,7H2,1-5H3,(H,16,17). The van der Waals surface area contributed by atoms with Crippen LogP contribution in [0.3, 0.4) is 0 Å². The minimum atomic E-state index is -0.828. The lowest BCUT2D eigenvalue weighted by Crippen LogP contribution is -2.23. The predicted molar refractivity (Wildman–Crippen MR) is 77.3 cm³/mol. The zero-order valence-electron chi connectivity index (χ0n) is 11.8. The number of ether oxygens (including phenoxy) is 2. The number of carboxylic acid groups (broad SMARTS) is 1. The number of hydrogen-bond donors (Lipinski definition) is 1. The summed E-state index contributed by atoms with van der Waals surface area (Å²) in [5, 5.41) is 9.05. The maximum atomic E-state index is 11.0. The SMILES string of the molecule is COc1cc(Br)c(C(C)(C)CC(=O)O)c(C)c1OC. The molecule has 0 heterocycles. The van der Waals surface area contributed by atoms with E-state index in [0.717, 1.165) is 15.6 Å². The third-order valence-electron chi connectivity index (χ3n) is 3.13. The Balaban J connectivity index is 3.48. The molecule has 4 nitrogen and oxygen atoms in total. The third kappa shape index (κ3) is 3.21. The maximum absolute atomic E-state index is 11.0. The number of halogens is 1. The smallest absolute Gasteiger partial charge is 0.304 e. The van der Waals surface area contributed by atoms with Crippen LogP contribution in [0.2, 0.25) is 0 Å². The van der Waals surface area contributed by atoms with Crippen LogP contribution in [-0.4, -0.2) is 25.3 Å². The van der Waals surface area contributed by atoms with Gasteiger partial charge in [0.15, 0.2) is 11.5 Å². The Morgan fingerprint density at radius 3 is 2.37 bits per heavy atom. The van der Waals surface area contributed by atoms with E-state index < -0.39 is 11.4 Å². The van der Waals surface area contributed by atoms with Crippen LogP contribution < -0.4 is 9.47 Å². The van der Waals surface area contributed by atoms with Crippen LogP contribution in [0, 0.1) is 6.92 Å². The fourth-order valence-corrected chi connectivity index (χ4v) is 3.47. The van der Waals surface area contributed by atoms with Gasteiger partial charge in [-0.25, -0.2) is 0 Å². The number of carboxylic acids is 1. The summed E-state index contributed by atoms with van der Waals surface area (Å²) >= 11 is 3.50. The van der Waals surface area contributed by atoms with E-state index in [1.807, 2.05) is 26.8 Å². The fourth-order valence-electron chi connectivity index (χ4n) is 2.43. The number of carbonyl (C=O) groups is 1. The van der Waals surface area contributed by atoms with Crippen LogP contribution in [0.15, 0.2) is 10.5 Å². The molecule has 0 fully saturated rings. The summed E-state index contributed by atoms with van der Waals surface area (Å²) in [5.41, 5.74) is 1.31. The van der Waals surface area contributed by atoms with Gasteiger partial charge in [-0.3, -0.25) is 4.79 Å². The van der Waals surface area contributed by atoms with E-state index in [1.54, 1.807) is 14.2 Å². The van der Waals surface area contributed by atoms with Crippen LogP contribution in [0.4, 0.5) is 0 Å². The molecule has 1 N–H and O–H groups in total. The number of aliphatic carboxylic acids is 1. The highest BCUT2D eigenvalue weighted by Crippen LogP contribution is 2.43. The Morgan fingerprint density at radius 2 is 1.95 bits per heavy atom. The number of rotatable bonds is 5. The number of benzene rings is 1. The summed E-state index contributed by atoms with van der Waals surface area (Å²) in [4.78, 5) is 11.0. The fraction of sp³-hybridized carbons (Fsp3) is 0.500. The van der Waals surface area contributed by atoms with Crippen molar-refractivity contribution in [2.24, 2.45) is 0 Å². The molecule has 0 aliphatic heterocycles. The zero-order valence-corrected chi connectivity index (χ0v) is 13.4. The van der Waals surface area contributed by atoms with Crippen molar-refractivity contribution in [3.05, 3.63) is 21.7 Å². The quantitative estimate of drug-likeness (QED) is 0.897. The second kappa shape index (κ2) is 5.82. The Morgan fingerprint density at radius 1 is 1.37 bits per heavy atom. The molecule has 0 radical (unpaired) electrons. The van der Waals surface area contributed by atoms with E-state index in [-0.39, 0.29) is 6.42 Å². The van der Waals surface area contributed by atoms with Crippen LogP contribution in [0.25, 0.3) is 0 Å². The summed E-state index contributed by atoms with van der Waals surface area (Å²) < 4.78 is 11.5. The highest BCUT2D eigenvalue weighted by Gasteiger charge is 2.30. The Bertz CT molecular complexity index is 495. The third-order valence-corrected chi connectivity index (χ3v) is 3.76. The first-order chi connectivity index (χ1) is 8.74. The van der Waals surface area contributed by atoms with Gasteiger partial charge in [-0.15, -0.1) is 0 Å². The van der Waals surface area contributed by atoms with Crippen molar-refractivity contribution in [1.82, 2.24) is 0 Å². The minimum absolute atomic E-state index is 0.0436. The Labute approximate surface area is 121 Å². The monoisotopic (exact) mass is 330 g/mol. The maximum Gasteiger partial charge on any atom is 0.304 e. The molecule has 1 aromatic carbocycles. The predicted octanol–water partition coefficient (Wildman–Crippen LogP) is 3.53. The van der Waals surface area contributed by atoms with Crippen LogP contribution >= 0.6 is 15.9 Å². The van der Waals surface area contributed by atoms with Gasteiger partial charge in [-0.1, -0.05) is 29.8 Å². The molecule has 0 saturated carbocycles. The van der Waals surface area contributed by atoms with Gasteiger partial charge in [0.25, 0.3) is 0 Å². The molecular weight excluding hydrogens is 312 g/mol. The number of hydrogen-bond acceptors (Lipinski definition) is 3. The normalized spacial score (nSPS) is 11.3. The molecule has 0 aliphatic carbocycles. The molecule has 0 amide bonds. The molecule has 0 saturated heterocycles. The lowest BCUT2D eigenvalue weighted by Gasteiger charge is -2.28.